The third-order valence-electron chi connectivity index (χ3n) is 3.92. The molecule has 0 radical (unpaired) electrons. The van der Waals surface area contributed by atoms with Crippen LogP contribution in [0.3, 0.4) is 0 Å². The van der Waals surface area contributed by atoms with Crippen molar-refractivity contribution in [2.24, 2.45) is 0 Å². The molecule has 29 heavy (non-hydrogen) atoms. The van der Waals surface area contributed by atoms with Gasteiger partial charge >= 0.3 is 5.97 Å². The molecule has 0 bridgehead atoms. The number of anilines is 1. The van der Waals surface area contributed by atoms with E-state index in [1.807, 2.05) is 0 Å². The Kier molecular flexibility index (Phi) is 8.08. The highest BCUT2D eigenvalue weighted by atomic mass is 16.5. The lowest BCUT2D eigenvalue weighted by Crippen LogP contribution is -2.30. The first kappa shape index (κ1) is 21.8. The lowest BCUT2D eigenvalue weighted by Gasteiger charge is -2.15. The van der Waals surface area contributed by atoms with Crippen LogP contribution in [-0.4, -0.2) is 44.7 Å². The Bertz CT molecular complexity index is 833. The van der Waals surface area contributed by atoms with Crippen LogP contribution in [0.4, 0.5) is 5.69 Å². The summed E-state index contributed by atoms with van der Waals surface area (Å²) >= 11 is 0. The van der Waals surface area contributed by atoms with Crippen molar-refractivity contribution in [3.8, 4) is 11.5 Å². The highest BCUT2D eigenvalue weighted by Crippen LogP contribution is 2.29. The Balaban J connectivity index is 1.73. The van der Waals surface area contributed by atoms with Crippen molar-refractivity contribution in [1.82, 2.24) is 5.32 Å². The van der Waals surface area contributed by atoms with Crippen LogP contribution in [-0.2, 0) is 14.3 Å². The predicted molar refractivity (Wildman–Crippen MR) is 104 cm³/mol. The van der Waals surface area contributed by atoms with Gasteiger partial charge in [-0.1, -0.05) is 0 Å². The number of esters is 1. The fraction of sp³-hybridized carbons (Fsp3) is 0.350. The van der Waals surface area contributed by atoms with Crippen molar-refractivity contribution < 1.29 is 33.0 Å². The van der Waals surface area contributed by atoms with Crippen molar-refractivity contribution >= 4 is 23.5 Å². The zero-order valence-electron chi connectivity index (χ0n) is 16.5. The van der Waals surface area contributed by atoms with Crippen LogP contribution in [0, 0.1) is 0 Å². The summed E-state index contributed by atoms with van der Waals surface area (Å²) in [5.41, 5.74) is 0.483. The average molecular weight is 404 g/mol. The van der Waals surface area contributed by atoms with E-state index in [-0.39, 0.29) is 24.6 Å². The number of ether oxygens (including phenoxy) is 3. The quantitative estimate of drug-likeness (QED) is 0.461. The molecule has 0 aliphatic rings. The van der Waals surface area contributed by atoms with Crippen molar-refractivity contribution in [2.75, 3.05) is 26.1 Å². The van der Waals surface area contributed by atoms with E-state index in [2.05, 4.69) is 10.6 Å². The maximum absolute atomic E-state index is 12.2. The van der Waals surface area contributed by atoms with Gasteiger partial charge in [-0.15, -0.1) is 0 Å². The molecule has 156 valence electrons. The SMILES string of the molecule is COc1ccc(NC(=O)C(C)OC(=O)CCCNC(=O)c2ccco2)cc1OC. The lowest BCUT2D eigenvalue weighted by atomic mass is 10.2. The van der Waals surface area contributed by atoms with Gasteiger partial charge in [0.1, 0.15) is 0 Å². The second-order valence-corrected chi connectivity index (χ2v) is 6.03. The summed E-state index contributed by atoms with van der Waals surface area (Å²) in [7, 11) is 3.00. The normalized spacial score (nSPS) is 11.3. The molecule has 1 atom stereocenters. The first-order chi connectivity index (χ1) is 13.9. The Morgan fingerprint density at radius 2 is 1.86 bits per heavy atom. The second-order valence-electron chi connectivity index (χ2n) is 6.03. The molecule has 2 N–H and O–H groups in total. The number of carbonyl (C=O) groups is 3. The van der Waals surface area contributed by atoms with Crippen LogP contribution >= 0.6 is 0 Å². The van der Waals surface area contributed by atoms with E-state index >= 15 is 0 Å². The van der Waals surface area contributed by atoms with E-state index in [0.29, 0.717) is 23.6 Å². The molecule has 0 aliphatic carbocycles. The Hall–Kier alpha value is -3.49. The van der Waals surface area contributed by atoms with Gasteiger partial charge in [-0.05, 0) is 37.6 Å². The standard InChI is InChI=1S/C20H24N2O7/c1-13(19(24)22-14-8-9-15(26-2)17(12-14)27-3)29-18(23)7-4-10-21-20(25)16-6-5-11-28-16/h5-6,8-9,11-13H,4,7,10H2,1-3H3,(H,21,25)(H,22,24). The van der Waals surface area contributed by atoms with Crippen LogP contribution in [0.1, 0.15) is 30.3 Å². The molecule has 1 unspecified atom stereocenters. The molecule has 2 amide bonds. The smallest absolute Gasteiger partial charge is 0.306 e. The molecule has 2 aromatic rings. The fourth-order valence-electron chi connectivity index (χ4n) is 2.40. The van der Waals surface area contributed by atoms with Crippen LogP contribution in [0.15, 0.2) is 41.0 Å². The first-order valence-electron chi connectivity index (χ1n) is 8.98. The number of benzene rings is 1. The van der Waals surface area contributed by atoms with E-state index in [0.717, 1.165) is 0 Å². The highest BCUT2D eigenvalue weighted by Gasteiger charge is 2.18. The number of carbonyl (C=O) groups excluding carboxylic acids is 3. The van der Waals surface area contributed by atoms with Crippen LogP contribution in [0.2, 0.25) is 0 Å². The van der Waals surface area contributed by atoms with E-state index < -0.39 is 18.0 Å². The Labute approximate surface area is 168 Å². The first-order valence-corrected chi connectivity index (χ1v) is 8.98. The maximum Gasteiger partial charge on any atom is 0.306 e. The zero-order valence-corrected chi connectivity index (χ0v) is 16.5. The molecule has 1 heterocycles. The van der Waals surface area contributed by atoms with Gasteiger partial charge in [0.05, 0.1) is 20.5 Å². The minimum Gasteiger partial charge on any atom is -0.493 e. The van der Waals surface area contributed by atoms with Gasteiger partial charge < -0.3 is 29.3 Å². The molecule has 0 aliphatic heterocycles. The number of furan rings is 1. The minimum atomic E-state index is -0.978. The molecule has 1 aromatic carbocycles. The molecule has 9 nitrogen and oxygen atoms in total. The zero-order chi connectivity index (χ0) is 21.2. The summed E-state index contributed by atoms with van der Waals surface area (Å²) in [6, 6.07) is 8.06. The summed E-state index contributed by atoms with van der Waals surface area (Å²) in [5, 5.41) is 5.28. The number of hydrogen-bond acceptors (Lipinski definition) is 7. The van der Waals surface area contributed by atoms with Crippen molar-refractivity contribution in [3.05, 3.63) is 42.4 Å². The summed E-state index contributed by atoms with van der Waals surface area (Å²) < 4.78 is 20.4. The van der Waals surface area contributed by atoms with Gasteiger partial charge in [0.2, 0.25) is 0 Å². The summed E-state index contributed by atoms with van der Waals surface area (Å²) in [6.45, 7) is 1.76. The van der Waals surface area contributed by atoms with Gasteiger partial charge in [0.25, 0.3) is 11.8 Å². The van der Waals surface area contributed by atoms with E-state index in [9.17, 15) is 14.4 Å². The van der Waals surface area contributed by atoms with Gasteiger partial charge in [-0.2, -0.15) is 0 Å². The van der Waals surface area contributed by atoms with Gasteiger partial charge in [-0.25, -0.2) is 0 Å². The Morgan fingerprint density at radius 1 is 1.10 bits per heavy atom. The number of rotatable bonds is 10. The van der Waals surface area contributed by atoms with Crippen molar-refractivity contribution in [2.45, 2.75) is 25.9 Å². The third-order valence-corrected chi connectivity index (χ3v) is 3.92. The monoisotopic (exact) mass is 404 g/mol. The minimum absolute atomic E-state index is 0.0619. The highest BCUT2D eigenvalue weighted by molar-refractivity contribution is 5.95. The molecule has 1 aromatic heterocycles. The summed E-state index contributed by atoms with van der Waals surface area (Å²) in [4.78, 5) is 35.8. The van der Waals surface area contributed by atoms with E-state index in [4.69, 9.17) is 18.6 Å². The number of nitrogens with one attached hydrogen (secondary N) is 2. The summed E-state index contributed by atoms with van der Waals surface area (Å²) in [6.07, 6.45) is 0.857. The Morgan fingerprint density at radius 3 is 2.52 bits per heavy atom. The molecule has 0 fully saturated rings. The van der Waals surface area contributed by atoms with Crippen molar-refractivity contribution in [3.63, 3.8) is 0 Å². The molecular weight excluding hydrogens is 380 g/mol. The maximum atomic E-state index is 12.2. The fourth-order valence-corrected chi connectivity index (χ4v) is 2.40. The molecule has 2 rings (SSSR count). The lowest BCUT2D eigenvalue weighted by molar-refractivity contribution is -0.153. The molecule has 9 heteroatoms. The third kappa shape index (κ3) is 6.56. The van der Waals surface area contributed by atoms with Gasteiger partial charge in [0, 0.05) is 24.7 Å². The van der Waals surface area contributed by atoms with E-state index in [1.165, 1.54) is 27.4 Å². The van der Waals surface area contributed by atoms with Crippen LogP contribution < -0.4 is 20.1 Å². The van der Waals surface area contributed by atoms with Gasteiger partial charge in [0.15, 0.2) is 23.4 Å². The average Bonchev–Trinajstić information content (AvgIpc) is 3.25. The number of hydrogen-bond donors (Lipinski definition) is 2. The largest absolute Gasteiger partial charge is 0.493 e. The van der Waals surface area contributed by atoms with Crippen molar-refractivity contribution in [1.29, 1.82) is 0 Å². The second kappa shape index (κ2) is 10.7. The predicted octanol–water partition coefficient (Wildman–Crippen LogP) is 2.38. The molecular formula is C20H24N2O7. The van der Waals surface area contributed by atoms with Crippen LogP contribution in [0.25, 0.3) is 0 Å². The number of amides is 2. The van der Waals surface area contributed by atoms with E-state index in [1.54, 1.807) is 30.3 Å². The topological polar surface area (TPSA) is 116 Å². The summed E-state index contributed by atoms with van der Waals surface area (Å²) in [5.74, 6) is -0.168. The molecule has 0 spiro atoms. The molecule has 0 saturated heterocycles. The van der Waals surface area contributed by atoms with Gasteiger partial charge in [-0.3, -0.25) is 14.4 Å². The van der Waals surface area contributed by atoms with Crippen LogP contribution in [0.5, 0.6) is 11.5 Å². The molecule has 0 saturated carbocycles. The number of methoxy groups -OCH3 is 2.